The number of nitrogens with zero attached hydrogens (tertiary/aromatic N) is 1. The van der Waals surface area contributed by atoms with E-state index in [-0.39, 0.29) is 17.9 Å². The lowest BCUT2D eigenvalue weighted by Gasteiger charge is -2.37. The Bertz CT molecular complexity index is 794. The Labute approximate surface area is 157 Å². The highest BCUT2D eigenvalue weighted by atomic mass is 32.2. The molecule has 1 atom stereocenters. The lowest BCUT2D eigenvalue weighted by molar-refractivity contribution is -0.129. The van der Waals surface area contributed by atoms with E-state index in [1.165, 1.54) is 4.31 Å². The third-order valence-corrected chi connectivity index (χ3v) is 5.26. The number of hydrogen-bond donors (Lipinski definition) is 1. The molecular formula is C19H30N2O4S. The number of rotatable bonds is 4. The number of nitrogens with one attached hydrogen (secondary N) is 1. The molecular weight excluding hydrogens is 352 g/mol. The van der Waals surface area contributed by atoms with Gasteiger partial charge in [0.15, 0.2) is 6.10 Å². The maximum atomic E-state index is 12.8. The molecule has 146 valence electrons. The lowest BCUT2D eigenvalue weighted by Crippen LogP contribution is -2.55. The van der Waals surface area contributed by atoms with E-state index < -0.39 is 21.7 Å². The lowest BCUT2D eigenvalue weighted by atomic mass is 9.81. The number of ether oxygens (including phenoxy) is 1. The number of hydrogen-bond acceptors (Lipinski definition) is 4. The van der Waals surface area contributed by atoms with Gasteiger partial charge in [0.25, 0.3) is 5.91 Å². The summed E-state index contributed by atoms with van der Waals surface area (Å²) in [6.07, 6.45) is 1.03. The van der Waals surface area contributed by atoms with Crippen LogP contribution in [0.25, 0.3) is 0 Å². The Kier molecular flexibility index (Phi) is 5.34. The molecule has 7 heteroatoms. The minimum atomic E-state index is -3.52. The predicted octanol–water partition coefficient (Wildman–Crippen LogP) is 2.85. The van der Waals surface area contributed by atoms with Crippen LogP contribution in [0.5, 0.6) is 5.75 Å². The van der Waals surface area contributed by atoms with E-state index in [0.29, 0.717) is 11.4 Å². The number of anilines is 1. The first-order valence-electron chi connectivity index (χ1n) is 8.75. The monoisotopic (exact) mass is 382 g/mol. The van der Waals surface area contributed by atoms with Crippen LogP contribution in [0.15, 0.2) is 18.2 Å². The average molecular weight is 383 g/mol. The zero-order valence-electron chi connectivity index (χ0n) is 16.7. The Morgan fingerprint density at radius 2 is 1.88 bits per heavy atom. The van der Waals surface area contributed by atoms with Crippen LogP contribution in [-0.2, 0) is 14.8 Å². The van der Waals surface area contributed by atoms with Gasteiger partial charge in [-0.25, -0.2) is 8.42 Å². The van der Waals surface area contributed by atoms with Crippen LogP contribution in [0.3, 0.4) is 0 Å². The SMILES string of the molecule is Cc1ccc2c(c1)N(S(C)(=O)=O)C[C@H](C(=O)NC(C)(C)CC(C)(C)C)O2. The zero-order valence-corrected chi connectivity index (χ0v) is 17.5. The maximum Gasteiger partial charge on any atom is 0.263 e. The Morgan fingerprint density at radius 3 is 2.42 bits per heavy atom. The summed E-state index contributed by atoms with van der Waals surface area (Å²) in [4.78, 5) is 12.8. The number of benzene rings is 1. The Morgan fingerprint density at radius 1 is 1.27 bits per heavy atom. The van der Waals surface area contributed by atoms with E-state index in [1.54, 1.807) is 12.1 Å². The van der Waals surface area contributed by atoms with Crippen LogP contribution in [0.2, 0.25) is 0 Å². The van der Waals surface area contributed by atoms with Gasteiger partial charge in [-0.3, -0.25) is 9.10 Å². The van der Waals surface area contributed by atoms with Gasteiger partial charge in [-0.1, -0.05) is 26.8 Å². The summed E-state index contributed by atoms with van der Waals surface area (Å²) >= 11 is 0. The number of amides is 1. The predicted molar refractivity (Wildman–Crippen MR) is 104 cm³/mol. The van der Waals surface area contributed by atoms with Crippen molar-refractivity contribution in [3.05, 3.63) is 23.8 Å². The molecule has 1 N–H and O–H groups in total. The first-order chi connectivity index (χ1) is 11.7. The number of carbonyl (C=O) groups excluding carboxylic acids is 1. The van der Waals surface area contributed by atoms with Gasteiger partial charge in [0.2, 0.25) is 10.0 Å². The van der Waals surface area contributed by atoms with E-state index in [1.807, 2.05) is 26.8 Å². The summed E-state index contributed by atoms with van der Waals surface area (Å²) in [5.41, 5.74) is 1.02. The van der Waals surface area contributed by atoms with Gasteiger partial charge in [0.1, 0.15) is 5.75 Å². The van der Waals surface area contributed by atoms with Crippen LogP contribution >= 0.6 is 0 Å². The molecule has 26 heavy (non-hydrogen) atoms. The molecule has 0 aromatic heterocycles. The number of fused-ring (bicyclic) bond motifs is 1. The van der Waals surface area contributed by atoms with E-state index in [9.17, 15) is 13.2 Å². The number of aryl methyl sites for hydroxylation is 1. The van der Waals surface area contributed by atoms with Crippen LogP contribution in [-0.4, -0.2) is 38.8 Å². The highest BCUT2D eigenvalue weighted by Gasteiger charge is 2.37. The molecule has 1 aliphatic rings. The molecule has 6 nitrogen and oxygen atoms in total. The van der Waals surface area contributed by atoms with Crippen LogP contribution in [0, 0.1) is 12.3 Å². The smallest absolute Gasteiger partial charge is 0.263 e. The normalized spacial score (nSPS) is 18.1. The molecule has 0 fully saturated rings. The van der Waals surface area contributed by atoms with E-state index >= 15 is 0 Å². The fraction of sp³-hybridized carbons (Fsp3) is 0.632. The van der Waals surface area contributed by atoms with Gasteiger partial charge in [0.05, 0.1) is 18.5 Å². The van der Waals surface area contributed by atoms with Crippen molar-refractivity contribution >= 4 is 21.6 Å². The summed E-state index contributed by atoms with van der Waals surface area (Å²) in [5.74, 6) is 0.0974. The number of sulfonamides is 1. The van der Waals surface area contributed by atoms with Crippen molar-refractivity contribution in [1.82, 2.24) is 5.32 Å². The van der Waals surface area contributed by atoms with Gasteiger partial charge in [-0.05, 0) is 50.3 Å². The largest absolute Gasteiger partial charge is 0.476 e. The van der Waals surface area contributed by atoms with E-state index in [4.69, 9.17) is 4.74 Å². The molecule has 0 saturated carbocycles. The third-order valence-electron chi connectivity index (χ3n) is 4.11. The van der Waals surface area contributed by atoms with E-state index in [2.05, 4.69) is 26.1 Å². The van der Waals surface area contributed by atoms with Crippen molar-refractivity contribution in [3.63, 3.8) is 0 Å². The second kappa shape index (κ2) is 6.76. The molecule has 0 unspecified atom stereocenters. The average Bonchev–Trinajstić information content (AvgIpc) is 2.41. The molecule has 1 amide bonds. The second-order valence-electron chi connectivity index (χ2n) is 8.98. The summed E-state index contributed by atoms with van der Waals surface area (Å²) in [6, 6.07) is 5.31. The van der Waals surface area contributed by atoms with Crippen molar-refractivity contribution < 1.29 is 17.9 Å². The van der Waals surface area contributed by atoms with Crippen molar-refractivity contribution in [2.24, 2.45) is 5.41 Å². The van der Waals surface area contributed by atoms with Crippen LogP contribution < -0.4 is 14.4 Å². The molecule has 0 saturated heterocycles. The Balaban J connectivity index is 2.26. The maximum absolute atomic E-state index is 12.8. The van der Waals surface area contributed by atoms with Gasteiger partial charge >= 0.3 is 0 Å². The molecule has 2 rings (SSSR count). The summed E-state index contributed by atoms with van der Waals surface area (Å²) in [5, 5.41) is 3.01. The molecule has 1 aliphatic heterocycles. The van der Waals surface area contributed by atoms with Crippen LogP contribution in [0.1, 0.15) is 46.6 Å². The fourth-order valence-corrected chi connectivity index (χ4v) is 4.50. The molecule has 0 spiro atoms. The highest BCUT2D eigenvalue weighted by molar-refractivity contribution is 7.92. The van der Waals surface area contributed by atoms with Crippen molar-refractivity contribution in [3.8, 4) is 5.75 Å². The molecule has 0 aliphatic carbocycles. The van der Waals surface area contributed by atoms with Gasteiger partial charge in [-0.15, -0.1) is 0 Å². The first-order valence-corrected chi connectivity index (χ1v) is 10.6. The second-order valence-corrected chi connectivity index (χ2v) is 10.9. The van der Waals surface area contributed by atoms with Crippen molar-refractivity contribution in [2.75, 3.05) is 17.1 Å². The first kappa shape index (κ1) is 20.6. The van der Waals surface area contributed by atoms with Crippen LogP contribution in [0.4, 0.5) is 5.69 Å². The standard InChI is InChI=1S/C19H30N2O4S/c1-13-8-9-15-14(10-13)21(26(7,23)24)11-16(25-15)17(22)20-19(5,6)12-18(2,3)4/h8-10,16H,11-12H2,1-7H3,(H,20,22)/t16-/m1/s1. The Hall–Kier alpha value is -1.76. The van der Waals surface area contributed by atoms with Crippen molar-refractivity contribution in [1.29, 1.82) is 0 Å². The quantitative estimate of drug-likeness (QED) is 0.869. The van der Waals surface area contributed by atoms with Gasteiger partial charge < -0.3 is 10.1 Å². The minimum absolute atomic E-state index is 0.0350. The minimum Gasteiger partial charge on any atom is -0.476 e. The van der Waals surface area contributed by atoms with Crippen molar-refractivity contribution in [2.45, 2.75) is 59.6 Å². The topological polar surface area (TPSA) is 75.7 Å². The zero-order chi connectivity index (χ0) is 19.9. The highest BCUT2D eigenvalue weighted by Crippen LogP contribution is 2.36. The third kappa shape index (κ3) is 5.13. The van der Waals surface area contributed by atoms with E-state index in [0.717, 1.165) is 18.2 Å². The van der Waals surface area contributed by atoms with Gasteiger partial charge in [-0.2, -0.15) is 0 Å². The fourth-order valence-electron chi connectivity index (χ4n) is 3.60. The summed E-state index contributed by atoms with van der Waals surface area (Å²) < 4.78 is 31.6. The molecule has 0 radical (unpaired) electrons. The molecule has 0 bridgehead atoms. The number of carbonyl (C=O) groups is 1. The molecule has 1 heterocycles. The summed E-state index contributed by atoms with van der Waals surface area (Å²) in [6.45, 7) is 12.1. The molecule has 1 aromatic carbocycles. The van der Waals surface area contributed by atoms with Gasteiger partial charge in [0, 0.05) is 5.54 Å². The molecule has 1 aromatic rings. The summed E-state index contributed by atoms with van der Waals surface area (Å²) in [7, 11) is -3.52.